The standard InChI is InChI=1S/C12H17NO/c1-5-8-10-9(6-7-13-10)14-11(8)12(2,3)4/h6-7,13H,5H2,1-4H3. The van der Waals surface area contributed by atoms with Gasteiger partial charge in [0.15, 0.2) is 5.58 Å². The van der Waals surface area contributed by atoms with E-state index in [4.69, 9.17) is 4.42 Å². The van der Waals surface area contributed by atoms with E-state index in [0.29, 0.717) is 0 Å². The normalized spacial score (nSPS) is 12.6. The van der Waals surface area contributed by atoms with Crippen molar-refractivity contribution >= 4 is 11.1 Å². The number of aryl methyl sites for hydroxylation is 1. The molecule has 0 aliphatic heterocycles. The van der Waals surface area contributed by atoms with Crippen LogP contribution in [0.5, 0.6) is 0 Å². The SMILES string of the molecule is CCc1c(C(C)(C)C)oc2cc[nH]c12. The topological polar surface area (TPSA) is 28.9 Å². The van der Waals surface area contributed by atoms with Crippen LogP contribution in [0.15, 0.2) is 16.7 Å². The van der Waals surface area contributed by atoms with E-state index in [9.17, 15) is 0 Å². The van der Waals surface area contributed by atoms with Crippen molar-refractivity contribution in [3.8, 4) is 0 Å². The van der Waals surface area contributed by atoms with Crippen LogP contribution in [0.4, 0.5) is 0 Å². The molecule has 0 amide bonds. The van der Waals surface area contributed by atoms with Gasteiger partial charge in [0.2, 0.25) is 0 Å². The Morgan fingerprint density at radius 3 is 2.64 bits per heavy atom. The van der Waals surface area contributed by atoms with Crippen LogP contribution in [-0.4, -0.2) is 4.98 Å². The van der Waals surface area contributed by atoms with Crippen LogP contribution in [0, 0.1) is 0 Å². The van der Waals surface area contributed by atoms with Crippen molar-refractivity contribution in [2.24, 2.45) is 0 Å². The third-order valence-corrected chi connectivity index (χ3v) is 2.53. The van der Waals surface area contributed by atoms with Gasteiger partial charge in [0.1, 0.15) is 5.76 Å². The lowest BCUT2D eigenvalue weighted by Crippen LogP contribution is -2.12. The number of furan rings is 1. The fraction of sp³-hybridized carbons (Fsp3) is 0.500. The van der Waals surface area contributed by atoms with Crippen molar-refractivity contribution in [1.29, 1.82) is 0 Å². The largest absolute Gasteiger partial charge is 0.459 e. The molecule has 0 saturated heterocycles. The van der Waals surface area contributed by atoms with E-state index < -0.39 is 0 Å². The van der Waals surface area contributed by atoms with Gasteiger partial charge in [-0.1, -0.05) is 27.7 Å². The molecule has 2 heterocycles. The minimum atomic E-state index is 0.0885. The van der Waals surface area contributed by atoms with E-state index in [0.717, 1.165) is 23.3 Å². The molecule has 0 aliphatic rings. The summed E-state index contributed by atoms with van der Waals surface area (Å²) in [7, 11) is 0. The van der Waals surface area contributed by atoms with Crippen molar-refractivity contribution in [3.05, 3.63) is 23.6 Å². The molecule has 0 saturated carbocycles. The number of H-pyrrole nitrogens is 1. The molecule has 2 nitrogen and oxygen atoms in total. The molecule has 0 bridgehead atoms. The molecule has 0 aromatic carbocycles. The fourth-order valence-corrected chi connectivity index (χ4v) is 1.90. The second-order valence-electron chi connectivity index (χ2n) is 4.73. The van der Waals surface area contributed by atoms with Crippen LogP contribution in [0.2, 0.25) is 0 Å². The second-order valence-corrected chi connectivity index (χ2v) is 4.73. The molecule has 0 aliphatic carbocycles. The third kappa shape index (κ3) is 1.26. The summed E-state index contributed by atoms with van der Waals surface area (Å²) in [6.45, 7) is 8.72. The lowest BCUT2D eigenvalue weighted by atomic mass is 9.89. The highest BCUT2D eigenvalue weighted by molar-refractivity contribution is 5.79. The van der Waals surface area contributed by atoms with Gasteiger partial charge in [0.05, 0.1) is 5.52 Å². The molecule has 0 radical (unpaired) electrons. The Bertz CT molecular complexity index is 442. The van der Waals surface area contributed by atoms with Gasteiger partial charge < -0.3 is 9.40 Å². The molecule has 0 fully saturated rings. The Labute approximate surface area is 84.3 Å². The summed E-state index contributed by atoms with van der Waals surface area (Å²) in [6.07, 6.45) is 2.94. The van der Waals surface area contributed by atoms with Gasteiger partial charge in [-0.15, -0.1) is 0 Å². The van der Waals surface area contributed by atoms with Gasteiger partial charge in [0.25, 0.3) is 0 Å². The van der Waals surface area contributed by atoms with Gasteiger partial charge >= 0.3 is 0 Å². The highest BCUT2D eigenvalue weighted by atomic mass is 16.3. The molecule has 0 spiro atoms. The maximum Gasteiger partial charge on any atom is 0.152 e. The molecule has 2 rings (SSSR count). The number of rotatable bonds is 1. The van der Waals surface area contributed by atoms with Crippen molar-refractivity contribution in [3.63, 3.8) is 0 Å². The molecule has 2 aromatic rings. The van der Waals surface area contributed by atoms with Crippen LogP contribution in [-0.2, 0) is 11.8 Å². The summed E-state index contributed by atoms with van der Waals surface area (Å²) in [4.78, 5) is 3.24. The summed E-state index contributed by atoms with van der Waals surface area (Å²) < 4.78 is 5.86. The van der Waals surface area contributed by atoms with Crippen LogP contribution < -0.4 is 0 Å². The smallest absolute Gasteiger partial charge is 0.152 e. The quantitative estimate of drug-likeness (QED) is 0.732. The average molecular weight is 191 g/mol. The molecule has 0 atom stereocenters. The predicted molar refractivity (Wildman–Crippen MR) is 58.6 cm³/mol. The van der Waals surface area contributed by atoms with Gasteiger partial charge in [-0.2, -0.15) is 0 Å². The molecule has 14 heavy (non-hydrogen) atoms. The Morgan fingerprint density at radius 2 is 2.07 bits per heavy atom. The zero-order chi connectivity index (χ0) is 10.3. The first-order chi connectivity index (χ1) is 6.54. The molecule has 0 unspecified atom stereocenters. The highest BCUT2D eigenvalue weighted by Gasteiger charge is 2.24. The number of fused-ring (bicyclic) bond motifs is 1. The van der Waals surface area contributed by atoms with Gasteiger partial charge in [-0.25, -0.2) is 0 Å². The van der Waals surface area contributed by atoms with Gasteiger partial charge in [-0.05, 0) is 12.5 Å². The zero-order valence-electron chi connectivity index (χ0n) is 9.27. The molecule has 76 valence electrons. The van der Waals surface area contributed by atoms with Crippen LogP contribution in [0.25, 0.3) is 11.1 Å². The van der Waals surface area contributed by atoms with Crippen LogP contribution in [0.3, 0.4) is 0 Å². The van der Waals surface area contributed by atoms with Crippen LogP contribution in [0.1, 0.15) is 39.0 Å². The van der Waals surface area contributed by atoms with E-state index in [2.05, 4.69) is 32.7 Å². The van der Waals surface area contributed by atoms with Crippen molar-refractivity contribution in [2.45, 2.75) is 39.5 Å². The lowest BCUT2D eigenvalue weighted by molar-refractivity contribution is 0.425. The molecular formula is C12H17NO. The summed E-state index contributed by atoms with van der Waals surface area (Å²) >= 11 is 0. The number of hydrogen-bond acceptors (Lipinski definition) is 1. The van der Waals surface area contributed by atoms with Gasteiger partial charge in [0, 0.05) is 17.2 Å². The summed E-state index contributed by atoms with van der Waals surface area (Å²) in [5, 5.41) is 0. The minimum Gasteiger partial charge on any atom is -0.459 e. The third-order valence-electron chi connectivity index (χ3n) is 2.53. The Hall–Kier alpha value is -1.18. The van der Waals surface area contributed by atoms with Crippen molar-refractivity contribution in [1.82, 2.24) is 4.98 Å². The Morgan fingerprint density at radius 1 is 1.36 bits per heavy atom. The minimum absolute atomic E-state index is 0.0885. The van der Waals surface area contributed by atoms with Crippen molar-refractivity contribution in [2.75, 3.05) is 0 Å². The lowest BCUT2D eigenvalue weighted by Gasteiger charge is -2.16. The van der Waals surface area contributed by atoms with E-state index in [-0.39, 0.29) is 5.41 Å². The number of aromatic nitrogens is 1. The van der Waals surface area contributed by atoms with E-state index in [1.165, 1.54) is 5.56 Å². The second kappa shape index (κ2) is 2.91. The summed E-state index contributed by atoms with van der Waals surface area (Å²) in [6, 6.07) is 1.99. The molecular weight excluding hydrogens is 174 g/mol. The zero-order valence-corrected chi connectivity index (χ0v) is 9.27. The number of hydrogen-bond donors (Lipinski definition) is 1. The monoisotopic (exact) mass is 191 g/mol. The average Bonchev–Trinajstić information content (AvgIpc) is 2.58. The maximum absolute atomic E-state index is 5.86. The molecule has 2 aromatic heterocycles. The number of nitrogens with one attached hydrogen (secondary N) is 1. The van der Waals surface area contributed by atoms with Crippen LogP contribution >= 0.6 is 0 Å². The Balaban J connectivity index is 2.70. The maximum atomic E-state index is 5.86. The first kappa shape index (κ1) is 9.38. The molecule has 2 heteroatoms. The summed E-state index contributed by atoms with van der Waals surface area (Å²) in [5.74, 6) is 1.11. The first-order valence-electron chi connectivity index (χ1n) is 5.13. The van der Waals surface area contributed by atoms with E-state index >= 15 is 0 Å². The van der Waals surface area contributed by atoms with Crippen molar-refractivity contribution < 1.29 is 4.42 Å². The predicted octanol–water partition coefficient (Wildman–Crippen LogP) is 3.62. The van der Waals surface area contributed by atoms with E-state index in [1.807, 2.05) is 12.3 Å². The highest BCUT2D eigenvalue weighted by Crippen LogP contribution is 2.33. The number of aromatic amines is 1. The molecule has 1 N–H and O–H groups in total. The Kier molecular flexibility index (Phi) is 1.95. The summed E-state index contributed by atoms with van der Waals surface area (Å²) in [5.41, 5.74) is 3.55. The van der Waals surface area contributed by atoms with Gasteiger partial charge in [-0.3, -0.25) is 0 Å². The first-order valence-corrected chi connectivity index (χ1v) is 5.13. The fourth-order valence-electron chi connectivity index (χ4n) is 1.90. The van der Waals surface area contributed by atoms with E-state index in [1.54, 1.807) is 0 Å².